The summed E-state index contributed by atoms with van der Waals surface area (Å²) in [6.07, 6.45) is 1.80. The molecular weight excluding hydrogens is 1280 g/mol. The van der Waals surface area contributed by atoms with Gasteiger partial charge < -0.3 is 54.6 Å². The molecule has 35 heteroatoms. The topological polar surface area (TPSA) is 448 Å². The molecule has 5 heterocycles. The number of imidazole rings is 1. The average molecular weight is 1350 g/mol. The lowest BCUT2D eigenvalue weighted by Crippen LogP contribution is -2.33. The van der Waals surface area contributed by atoms with Crippen LogP contribution < -0.4 is 31.4 Å². The van der Waals surface area contributed by atoms with Crippen LogP contribution in [0.1, 0.15) is 95.1 Å². The van der Waals surface area contributed by atoms with E-state index in [2.05, 4.69) is 51.8 Å². The predicted octanol–water partition coefficient (Wildman–Crippen LogP) is 5.58. The molecule has 10 N–H and O–H groups in total. The van der Waals surface area contributed by atoms with Gasteiger partial charge in [-0.3, -0.25) is 32.7 Å². The molecule has 90 heavy (non-hydrogen) atoms. The third kappa shape index (κ3) is 17.1. The van der Waals surface area contributed by atoms with E-state index in [9.17, 15) is 74.1 Å². The van der Waals surface area contributed by atoms with Crippen molar-refractivity contribution in [3.8, 4) is 22.6 Å². The Morgan fingerprint density at radius 1 is 0.922 bits per heavy atom. The van der Waals surface area contributed by atoms with E-state index in [4.69, 9.17) is 19.4 Å². The maximum Gasteiger partial charge on any atom is 0.490 e. The van der Waals surface area contributed by atoms with Crippen molar-refractivity contribution in [2.45, 2.75) is 114 Å². The van der Waals surface area contributed by atoms with Crippen LogP contribution in [0.25, 0.3) is 39.9 Å². The summed E-state index contributed by atoms with van der Waals surface area (Å²) >= 11 is 0. The number of fused-ring (bicyclic) bond motifs is 3. The molecule has 1 saturated heterocycles. The van der Waals surface area contributed by atoms with Crippen molar-refractivity contribution in [3.63, 3.8) is 0 Å². The SMILES string of the molecule is CC[N+](CC)=c1ccc2c(/C=C/C=C3\N(CCCS(=O)(=O)[O-])c4ccc(S(=O)(=O)O)cc4C3(C)CCCC(=O)NCCCCCCOP(=O)(O)OP(=O)(O)OP(=O)(O)OC[C@H]3O[C@@H](n4cnc5c(=O)[nH]c(N)nc54)[C@H](O)[C@@H]3O)c(C)c(-c3ccccc3)oc-2c1. The molecule has 8 rings (SSSR count). The highest BCUT2D eigenvalue weighted by Crippen LogP contribution is 2.68. The number of unbranched alkanes of at least 4 members (excludes halogenated alkanes) is 3. The van der Waals surface area contributed by atoms with E-state index in [-0.39, 0.29) is 73.1 Å². The summed E-state index contributed by atoms with van der Waals surface area (Å²) in [5, 5.41) is 25.0. The molecule has 30 nitrogen and oxygen atoms in total. The summed E-state index contributed by atoms with van der Waals surface area (Å²) in [7, 11) is -26.3. The number of H-pyrrole nitrogens is 1. The molecule has 0 spiro atoms. The molecule has 1 fully saturated rings. The number of amides is 1. The molecule has 4 unspecified atom stereocenters. The van der Waals surface area contributed by atoms with Crippen LogP contribution in [0.3, 0.4) is 0 Å². The van der Waals surface area contributed by atoms with Crippen molar-refractivity contribution >= 4 is 78.5 Å². The second-order valence-electron chi connectivity index (χ2n) is 21.5. The monoisotopic (exact) mass is 1350 g/mol. The van der Waals surface area contributed by atoms with Crippen LogP contribution >= 0.6 is 23.5 Å². The van der Waals surface area contributed by atoms with E-state index in [0.29, 0.717) is 47.7 Å². The van der Waals surface area contributed by atoms with Crippen LogP contribution in [0.2, 0.25) is 0 Å². The number of aromatic amines is 1. The van der Waals surface area contributed by atoms with Crippen molar-refractivity contribution in [1.29, 1.82) is 0 Å². The predicted molar refractivity (Wildman–Crippen MR) is 326 cm³/mol. The fourth-order valence-electron chi connectivity index (χ4n) is 10.9. The van der Waals surface area contributed by atoms with E-state index in [1.165, 1.54) is 18.2 Å². The number of anilines is 2. The molecule has 2 aromatic heterocycles. The number of nitrogen functional groups attached to an aromatic ring is 1. The highest BCUT2D eigenvalue weighted by molar-refractivity contribution is 7.86. The van der Waals surface area contributed by atoms with Gasteiger partial charge in [0.1, 0.15) is 42.9 Å². The number of aliphatic hydroxyl groups is 2. The van der Waals surface area contributed by atoms with Crippen LogP contribution in [0.15, 0.2) is 105 Å². The number of rotatable bonds is 30. The third-order valence-electron chi connectivity index (χ3n) is 15.3. The summed E-state index contributed by atoms with van der Waals surface area (Å²) in [6, 6.07) is 19.8. The van der Waals surface area contributed by atoms with E-state index in [1.807, 2.05) is 85.5 Å². The summed E-state index contributed by atoms with van der Waals surface area (Å²) in [4.78, 5) is 67.3. The zero-order valence-electron chi connectivity index (χ0n) is 49.3. The quantitative estimate of drug-likeness (QED) is 0.0115. The Morgan fingerprint density at radius 2 is 1.62 bits per heavy atom. The lowest BCUT2D eigenvalue weighted by atomic mass is 9.77. The van der Waals surface area contributed by atoms with Gasteiger partial charge in [-0.1, -0.05) is 55.3 Å². The number of nitrogens with two attached hydrogens (primary N) is 1. The minimum atomic E-state index is -5.89. The van der Waals surface area contributed by atoms with Gasteiger partial charge in [-0.2, -0.15) is 22.0 Å². The third-order valence-corrected chi connectivity index (χ3v) is 21.2. The number of allylic oxidation sites excluding steroid dienone is 3. The molecule has 1 amide bonds. The van der Waals surface area contributed by atoms with Crippen molar-refractivity contribution in [2.24, 2.45) is 0 Å². The maximum atomic E-state index is 13.3. The Labute approximate surface area is 517 Å². The second-order valence-corrected chi connectivity index (χ2v) is 29.1. The first-order chi connectivity index (χ1) is 42.3. The van der Waals surface area contributed by atoms with Crippen LogP contribution in [-0.2, 0) is 66.5 Å². The molecular formula is C55H71N8O22P3S2. The number of hydrogen-bond donors (Lipinski definition) is 9. The van der Waals surface area contributed by atoms with Gasteiger partial charge in [-0.25, -0.2) is 31.7 Å². The minimum Gasteiger partial charge on any atom is -0.748 e. The number of hydrogen-bond acceptors (Lipinski definition) is 22. The molecule has 490 valence electrons. The molecule has 8 atom stereocenters. The number of nitrogens with one attached hydrogen (secondary N) is 2. The molecule has 0 radical (unpaired) electrons. The fraction of sp³-hybridized carbons (Fsp3) is 0.436. The largest absolute Gasteiger partial charge is 0.748 e. The molecule has 0 bridgehead atoms. The first-order valence-electron chi connectivity index (χ1n) is 28.5. The number of benzene rings is 3. The van der Waals surface area contributed by atoms with E-state index in [0.717, 1.165) is 51.6 Å². The van der Waals surface area contributed by atoms with Gasteiger partial charge in [-0.05, 0) is 101 Å². The Bertz CT molecular complexity index is 4160. The zero-order valence-corrected chi connectivity index (χ0v) is 53.6. The first kappa shape index (κ1) is 69.8. The molecule has 4 aliphatic rings. The zero-order chi connectivity index (χ0) is 65.6. The molecule has 3 aliphatic heterocycles. The number of carbonyl (C=O) groups excluding carboxylic acids is 1. The van der Waals surface area contributed by atoms with Gasteiger partial charge in [0.25, 0.3) is 15.7 Å². The number of ether oxygens (including phenoxy) is 1. The van der Waals surface area contributed by atoms with E-state index >= 15 is 0 Å². The number of aliphatic hydroxyl groups excluding tert-OH is 2. The van der Waals surface area contributed by atoms with Crippen LogP contribution in [0.4, 0.5) is 11.6 Å². The summed E-state index contributed by atoms with van der Waals surface area (Å²) < 4.78 is 142. The summed E-state index contributed by atoms with van der Waals surface area (Å²) in [5.41, 5.74) is 8.45. The Balaban J connectivity index is 0.856. The van der Waals surface area contributed by atoms with Gasteiger partial charge in [-0.15, -0.1) is 0 Å². The van der Waals surface area contributed by atoms with Crippen LogP contribution in [0.5, 0.6) is 0 Å². The van der Waals surface area contributed by atoms with Crippen molar-refractivity contribution in [3.05, 3.63) is 123 Å². The van der Waals surface area contributed by atoms with Crippen LogP contribution in [0, 0.1) is 6.92 Å². The van der Waals surface area contributed by atoms with Gasteiger partial charge in [0.05, 0.1) is 40.6 Å². The lowest BCUT2D eigenvalue weighted by Gasteiger charge is -2.30. The van der Waals surface area contributed by atoms with Crippen molar-refractivity contribution in [1.82, 2.24) is 29.4 Å². The van der Waals surface area contributed by atoms with Gasteiger partial charge >= 0.3 is 23.5 Å². The van der Waals surface area contributed by atoms with Crippen molar-refractivity contribution in [2.75, 3.05) is 55.8 Å². The Morgan fingerprint density at radius 3 is 2.31 bits per heavy atom. The minimum absolute atomic E-state index is 0.0137. The molecule has 1 aliphatic carbocycles. The molecule has 2 aromatic carbocycles. The summed E-state index contributed by atoms with van der Waals surface area (Å²) in [6.45, 7) is 8.19. The molecule has 0 saturated carbocycles. The van der Waals surface area contributed by atoms with Gasteiger partial charge in [0, 0.05) is 64.8 Å². The summed E-state index contributed by atoms with van der Waals surface area (Å²) in [5.74, 6) is -0.00305. The number of phosphoric acid groups is 3. The first-order valence-corrected chi connectivity index (χ1v) is 36.0. The average Bonchev–Trinajstić information content (AvgIpc) is 1.59. The number of phosphoric ester groups is 2. The maximum absolute atomic E-state index is 13.3. The second kappa shape index (κ2) is 28.8. The number of aromatic nitrogens is 4. The highest BCUT2D eigenvalue weighted by atomic mass is 32.2. The number of carbonyl (C=O) groups is 1. The fourth-order valence-corrected chi connectivity index (χ4v) is 15.5. The Hall–Kier alpha value is -6.12. The molecule has 4 aromatic rings. The van der Waals surface area contributed by atoms with Gasteiger partial charge in [0.15, 0.2) is 17.4 Å². The smallest absolute Gasteiger partial charge is 0.490 e. The van der Waals surface area contributed by atoms with E-state index in [1.54, 1.807) is 0 Å². The Kier molecular flexibility index (Phi) is 22.3. The normalized spacial score (nSPS) is 21.2. The highest BCUT2D eigenvalue weighted by Gasteiger charge is 2.48. The number of nitrogens with zero attached hydrogens (tertiary/aromatic N) is 5. The van der Waals surface area contributed by atoms with E-state index < -0.39 is 98.2 Å². The standard InChI is InChI=1S/C55H71N8O22P3S2/c1-5-61(6-2)37-22-24-40-39(35(3)50(82-43(40)31-37)36-17-10-9-11-18-36)19-14-20-45-55(4,41-32-38(90(77,78)79)23-25-42(41)62(45)28-16-30-89(74,75)76)26-15-21-46(64)57-27-12-7-8-13-29-80-86(68,69)84-88(72,73)85-87(70,71)81-33-44-48(65)49(66)53(83-44)63-34-58-47-51(63)59-54(56)60-52(47)67/h9-11,14,17-20,22-25,31-32,34,44,48-49,53,65-66H,5-8,12-13,15-16,21,26-30,33H2,1-4H3,(H8-,56,57,59,60,64,67,68,69,70,71,72,73,74,75,76,77,78,79)/t44-,48-,49-,53-,55?/m1/s1. The lowest BCUT2D eigenvalue weighted by molar-refractivity contribution is -0.121. The van der Waals surface area contributed by atoms with Crippen LogP contribution in [-0.4, -0.2) is 140 Å². The van der Waals surface area contributed by atoms with Gasteiger partial charge in [0.2, 0.25) is 17.2 Å². The van der Waals surface area contributed by atoms with Crippen molar-refractivity contribution < 1.29 is 96.1 Å².